The lowest BCUT2D eigenvalue weighted by atomic mass is 10.2. The molecule has 18 heavy (non-hydrogen) atoms. The first-order valence-electron chi connectivity index (χ1n) is 6.71. The molecule has 0 radical (unpaired) electrons. The van der Waals surface area contributed by atoms with Crippen LogP contribution in [0.2, 0.25) is 0 Å². The van der Waals surface area contributed by atoms with E-state index in [-0.39, 0.29) is 0 Å². The maximum Gasteiger partial charge on any atom is 0.0762 e. The van der Waals surface area contributed by atoms with Crippen molar-refractivity contribution in [3.8, 4) is 0 Å². The summed E-state index contributed by atoms with van der Waals surface area (Å²) in [6, 6.07) is 4.59. The number of nitrogens with zero attached hydrogens (tertiary/aromatic N) is 2. The molecule has 2 atom stereocenters. The van der Waals surface area contributed by atoms with Crippen LogP contribution >= 0.6 is 0 Å². The van der Waals surface area contributed by atoms with Crippen LogP contribution in [0.4, 0.5) is 5.69 Å². The van der Waals surface area contributed by atoms with Crippen molar-refractivity contribution in [3.63, 3.8) is 0 Å². The Kier molecular flexibility index (Phi) is 4.55. The van der Waals surface area contributed by atoms with Crippen LogP contribution in [0.25, 0.3) is 0 Å². The van der Waals surface area contributed by atoms with Gasteiger partial charge in [0.15, 0.2) is 0 Å². The summed E-state index contributed by atoms with van der Waals surface area (Å²) in [5.41, 5.74) is 2.30. The van der Waals surface area contributed by atoms with Crippen molar-refractivity contribution in [1.29, 1.82) is 0 Å². The molecule has 100 valence electrons. The van der Waals surface area contributed by atoms with Gasteiger partial charge in [-0.15, -0.1) is 0 Å². The number of nitrogens with one attached hydrogen (secondary N) is 1. The van der Waals surface area contributed by atoms with E-state index in [2.05, 4.69) is 41.2 Å². The zero-order valence-electron chi connectivity index (χ0n) is 11.5. The smallest absolute Gasteiger partial charge is 0.0762 e. The Balaban J connectivity index is 1.99. The fourth-order valence-corrected chi connectivity index (χ4v) is 2.41. The first-order valence-corrected chi connectivity index (χ1v) is 6.71. The quantitative estimate of drug-likeness (QED) is 0.866. The molecule has 1 saturated heterocycles. The van der Waals surface area contributed by atoms with Gasteiger partial charge in [-0.05, 0) is 32.0 Å². The molecular formula is C14H23N3O. The van der Waals surface area contributed by atoms with Crippen molar-refractivity contribution in [2.45, 2.75) is 32.4 Å². The first kappa shape index (κ1) is 13.3. The predicted octanol–water partition coefficient (Wildman–Crippen LogP) is 1.98. The van der Waals surface area contributed by atoms with E-state index in [1.54, 1.807) is 7.11 Å². The lowest BCUT2D eigenvalue weighted by Crippen LogP contribution is -2.23. The van der Waals surface area contributed by atoms with Crippen molar-refractivity contribution in [1.82, 2.24) is 10.3 Å². The van der Waals surface area contributed by atoms with Gasteiger partial charge in [0.25, 0.3) is 0 Å². The second-order valence-corrected chi connectivity index (χ2v) is 4.81. The lowest BCUT2D eigenvalue weighted by Gasteiger charge is -2.19. The average Bonchev–Trinajstić information content (AvgIpc) is 2.88. The predicted molar refractivity (Wildman–Crippen MR) is 74.0 cm³/mol. The summed E-state index contributed by atoms with van der Waals surface area (Å²) in [6.07, 6.45) is 3.44. The number of anilines is 1. The number of ether oxygens (including phenoxy) is 1. The van der Waals surface area contributed by atoms with Gasteiger partial charge in [-0.25, -0.2) is 0 Å². The van der Waals surface area contributed by atoms with Crippen LogP contribution in [0.3, 0.4) is 0 Å². The maximum atomic E-state index is 5.38. The van der Waals surface area contributed by atoms with E-state index in [0.717, 1.165) is 31.7 Å². The first-order chi connectivity index (χ1) is 8.74. The van der Waals surface area contributed by atoms with E-state index >= 15 is 0 Å². The van der Waals surface area contributed by atoms with Gasteiger partial charge in [0, 0.05) is 26.2 Å². The molecule has 1 aliphatic heterocycles. The Bertz CT molecular complexity index is 366. The Morgan fingerprint density at radius 3 is 2.94 bits per heavy atom. The standard InChI is InChI=1S/C14H23N3O/c1-4-15-11(2)14-6-5-12(9-16-14)17-8-7-13(10-17)18-3/h5-6,9,11,13,15H,4,7-8,10H2,1-3H3. The molecule has 1 fully saturated rings. The fraction of sp³-hybridized carbons (Fsp3) is 0.643. The van der Waals surface area contributed by atoms with Crippen LogP contribution in [0.15, 0.2) is 18.3 Å². The number of rotatable bonds is 5. The highest BCUT2D eigenvalue weighted by atomic mass is 16.5. The number of aromatic nitrogens is 1. The van der Waals surface area contributed by atoms with Crippen LogP contribution in [-0.2, 0) is 4.74 Å². The topological polar surface area (TPSA) is 37.4 Å². The molecule has 1 aromatic heterocycles. The fourth-order valence-electron chi connectivity index (χ4n) is 2.41. The Morgan fingerprint density at radius 1 is 1.56 bits per heavy atom. The maximum absolute atomic E-state index is 5.38. The Morgan fingerprint density at radius 2 is 2.39 bits per heavy atom. The minimum absolute atomic E-state index is 0.314. The second-order valence-electron chi connectivity index (χ2n) is 4.81. The molecule has 2 heterocycles. The van der Waals surface area contributed by atoms with Crippen LogP contribution in [-0.4, -0.2) is 37.8 Å². The third kappa shape index (κ3) is 3.00. The van der Waals surface area contributed by atoms with E-state index in [4.69, 9.17) is 4.74 Å². The Hall–Kier alpha value is -1.13. The zero-order valence-corrected chi connectivity index (χ0v) is 11.5. The van der Waals surface area contributed by atoms with Crippen molar-refractivity contribution in [2.75, 3.05) is 31.6 Å². The monoisotopic (exact) mass is 249 g/mol. The van der Waals surface area contributed by atoms with Gasteiger partial charge < -0.3 is 15.0 Å². The molecule has 0 bridgehead atoms. The van der Waals surface area contributed by atoms with E-state index in [1.807, 2.05) is 6.20 Å². The molecule has 4 nitrogen and oxygen atoms in total. The number of methoxy groups -OCH3 is 1. The van der Waals surface area contributed by atoms with Crippen molar-refractivity contribution < 1.29 is 4.74 Å². The summed E-state index contributed by atoms with van der Waals surface area (Å²) in [5.74, 6) is 0. The zero-order chi connectivity index (χ0) is 13.0. The molecule has 0 amide bonds. The highest BCUT2D eigenvalue weighted by Crippen LogP contribution is 2.22. The summed E-state index contributed by atoms with van der Waals surface area (Å²) >= 11 is 0. The highest BCUT2D eigenvalue weighted by molar-refractivity contribution is 5.46. The molecule has 0 aromatic carbocycles. The van der Waals surface area contributed by atoms with Crippen LogP contribution < -0.4 is 10.2 Å². The third-order valence-corrected chi connectivity index (χ3v) is 3.57. The summed E-state index contributed by atoms with van der Waals surface area (Å²) in [5, 5.41) is 3.37. The number of hydrogen-bond acceptors (Lipinski definition) is 4. The van der Waals surface area contributed by atoms with Crippen LogP contribution in [0, 0.1) is 0 Å². The normalized spacial score (nSPS) is 21.3. The third-order valence-electron chi connectivity index (χ3n) is 3.57. The van der Waals surface area contributed by atoms with Gasteiger partial charge in [0.2, 0.25) is 0 Å². The van der Waals surface area contributed by atoms with Crippen molar-refractivity contribution in [2.24, 2.45) is 0 Å². The largest absolute Gasteiger partial charge is 0.380 e. The van der Waals surface area contributed by atoms with E-state index in [9.17, 15) is 0 Å². The van der Waals surface area contributed by atoms with Gasteiger partial charge in [-0.1, -0.05) is 6.92 Å². The SMILES string of the molecule is CCNC(C)c1ccc(N2CCC(OC)C2)cn1. The second kappa shape index (κ2) is 6.16. The molecule has 1 aromatic rings. The minimum Gasteiger partial charge on any atom is -0.380 e. The molecule has 0 saturated carbocycles. The number of hydrogen-bond donors (Lipinski definition) is 1. The van der Waals surface area contributed by atoms with Gasteiger partial charge in [0.05, 0.1) is 23.7 Å². The number of pyridine rings is 1. The minimum atomic E-state index is 0.314. The lowest BCUT2D eigenvalue weighted by molar-refractivity contribution is 0.121. The summed E-state index contributed by atoms with van der Waals surface area (Å²) in [4.78, 5) is 6.88. The van der Waals surface area contributed by atoms with E-state index in [0.29, 0.717) is 12.1 Å². The van der Waals surface area contributed by atoms with E-state index < -0.39 is 0 Å². The Labute approximate surface area is 109 Å². The van der Waals surface area contributed by atoms with E-state index in [1.165, 1.54) is 5.69 Å². The van der Waals surface area contributed by atoms with Crippen molar-refractivity contribution >= 4 is 5.69 Å². The summed E-state index contributed by atoms with van der Waals surface area (Å²) in [7, 11) is 1.79. The average molecular weight is 249 g/mol. The molecule has 2 rings (SSSR count). The van der Waals surface area contributed by atoms with Gasteiger partial charge in [-0.3, -0.25) is 4.98 Å². The van der Waals surface area contributed by atoms with Gasteiger partial charge >= 0.3 is 0 Å². The van der Waals surface area contributed by atoms with Crippen molar-refractivity contribution in [3.05, 3.63) is 24.0 Å². The highest BCUT2D eigenvalue weighted by Gasteiger charge is 2.22. The summed E-state index contributed by atoms with van der Waals surface area (Å²) < 4.78 is 5.38. The van der Waals surface area contributed by atoms with Gasteiger partial charge in [-0.2, -0.15) is 0 Å². The molecular weight excluding hydrogens is 226 g/mol. The van der Waals surface area contributed by atoms with Crippen LogP contribution in [0.1, 0.15) is 32.0 Å². The van der Waals surface area contributed by atoms with Gasteiger partial charge in [0.1, 0.15) is 0 Å². The molecule has 2 unspecified atom stereocenters. The molecule has 0 aliphatic carbocycles. The summed E-state index contributed by atoms with van der Waals surface area (Å²) in [6.45, 7) is 7.25. The van der Waals surface area contributed by atoms with Crippen LogP contribution in [0.5, 0.6) is 0 Å². The molecule has 4 heteroatoms. The molecule has 0 spiro atoms. The molecule has 1 aliphatic rings. The molecule has 1 N–H and O–H groups in total.